The maximum atomic E-state index is 12.0. The fraction of sp³-hybridized carbons (Fsp3) is 0.750. The van der Waals surface area contributed by atoms with Gasteiger partial charge in [-0.15, -0.1) is 0 Å². The molecule has 0 aromatic carbocycles. The van der Waals surface area contributed by atoms with E-state index in [0.717, 1.165) is 51.4 Å². The molecule has 1 fully saturated rings. The number of rotatable bonds is 12. The predicted molar refractivity (Wildman–Crippen MR) is 95.2 cm³/mol. The first-order chi connectivity index (χ1) is 11.2. The second-order valence-electron chi connectivity index (χ2n) is 6.65. The fourth-order valence-electron chi connectivity index (χ4n) is 3.18. The molecule has 1 unspecified atom stereocenters. The van der Waals surface area contributed by atoms with Gasteiger partial charge in [-0.2, -0.15) is 0 Å². The molecule has 1 aliphatic rings. The van der Waals surface area contributed by atoms with Gasteiger partial charge >= 0.3 is 0 Å². The number of carbonyl (C=O) groups is 1. The topological polar surface area (TPSA) is 57.5 Å². The van der Waals surface area contributed by atoms with Crippen molar-refractivity contribution in [2.45, 2.75) is 77.2 Å². The number of aliphatic hydroxyl groups is 2. The number of aliphatic hydroxyl groups excluding tert-OH is 2. The number of ketones is 1. The predicted octanol–water partition coefficient (Wildman–Crippen LogP) is 4.19. The SMILES string of the molecule is CCCCC[C@H](O)/C=C/C1CCC(=O)[C@@H]1C/C=C\CCCCO. The van der Waals surface area contributed by atoms with Gasteiger partial charge in [0.2, 0.25) is 0 Å². The number of hydrogen-bond donors (Lipinski definition) is 2. The normalized spacial score (nSPS) is 23.3. The molecule has 0 aliphatic heterocycles. The highest BCUT2D eigenvalue weighted by Crippen LogP contribution is 2.33. The van der Waals surface area contributed by atoms with E-state index in [1.807, 2.05) is 6.08 Å². The molecule has 0 amide bonds. The second kappa shape index (κ2) is 12.5. The summed E-state index contributed by atoms with van der Waals surface area (Å²) in [6, 6.07) is 0. The molecule has 1 aliphatic carbocycles. The lowest BCUT2D eigenvalue weighted by molar-refractivity contribution is -0.120. The van der Waals surface area contributed by atoms with E-state index in [0.29, 0.717) is 12.2 Å². The van der Waals surface area contributed by atoms with Crippen LogP contribution < -0.4 is 0 Å². The molecule has 132 valence electrons. The molecule has 1 saturated carbocycles. The summed E-state index contributed by atoms with van der Waals surface area (Å²) < 4.78 is 0. The van der Waals surface area contributed by atoms with Gasteiger partial charge in [-0.3, -0.25) is 4.79 Å². The van der Waals surface area contributed by atoms with Crippen LogP contribution in [0, 0.1) is 11.8 Å². The third-order valence-electron chi connectivity index (χ3n) is 4.67. The summed E-state index contributed by atoms with van der Waals surface area (Å²) in [4.78, 5) is 12.0. The van der Waals surface area contributed by atoms with Crippen molar-refractivity contribution >= 4 is 5.78 Å². The summed E-state index contributed by atoms with van der Waals surface area (Å²) in [5, 5.41) is 18.7. The first kappa shape index (κ1) is 20.1. The van der Waals surface area contributed by atoms with Gasteiger partial charge in [0, 0.05) is 18.9 Å². The molecule has 23 heavy (non-hydrogen) atoms. The van der Waals surface area contributed by atoms with Crippen LogP contribution in [0.25, 0.3) is 0 Å². The quantitative estimate of drug-likeness (QED) is 0.418. The van der Waals surface area contributed by atoms with Gasteiger partial charge in [-0.1, -0.05) is 50.5 Å². The van der Waals surface area contributed by atoms with E-state index in [4.69, 9.17) is 5.11 Å². The number of unbranched alkanes of at least 4 members (excludes halogenated alkanes) is 4. The maximum absolute atomic E-state index is 12.0. The van der Waals surface area contributed by atoms with Crippen molar-refractivity contribution in [3.63, 3.8) is 0 Å². The number of Topliss-reactive ketones (excluding diaryl/α,β-unsaturated/α-hetero) is 1. The standard InChI is InChI=1S/C20H34O3/c1-2-3-7-10-18(22)14-12-17-13-15-20(23)19(17)11-8-5-4-6-9-16-21/h5,8,12,14,17-19,21-22H,2-4,6-7,9-11,13,15-16H2,1H3/b8-5-,14-12+/t17?,18-,19+/m0/s1. The summed E-state index contributed by atoms with van der Waals surface area (Å²) in [6.45, 7) is 2.41. The minimum absolute atomic E-state index is 0.0863. The fourth-order valence-corrected chi connectivity index (χ4v) is 3.18. The first-order valence-electron chi connectivity index (χ1n) is 9.34. The van der Waals surface area contributed by atoms with Crippen molar-refractivity contribution in [1.29, 1.82) is 0 Å². The van der Waals surface area contributed by atoms with Crippen molar-refractivity contribution in [2.24, 2.45) is 11.8 Å². The van der Waals surface area contributed by atoms with E-state index in [-0.39, 0.29) is 24.5 Å². The van der Waals surface area contributed by atoms with Gasteiger partial charge in [0.05, 0.1) is 6.10 Å². The Kier molecular flexibility index (Phi) is 10.9. The van der Waals surface area contributed by atoms with Crippen LogP contribution in [0.3, 0.4) is 0 Å². The van der Waals surface area contributed by atoms with E-state index < -0.39 is 0 Å². The highest BCUT2D eigenvalue weighted by atomic mass is 16.3. The largest absolute Gasteiger partial charge is 0.396 e. The zero-order valence-corrected chi connectivity index (χ0v) is 14.6. The van der Waals surface area contributed by atoms with Crippen molar-refractivity contribution in [1.82, 2.24) is 0 Å². The van der Waals surface area contributed by atoms with Gasteiger partial charge < -0.3 is 10.2 Å². The Hall–Kier alpha value is -0.930. The summed E-state index contributed by atoms with van der Waals surface area (Å²) in [5.41, 5.74) is 0. The van der Waals surface area contributed by atoms with Gasteiger partial charge in [0.15, 0.2) is 0 Å². The Labute approximate surface area is 141 Å². The van der Waals surface area contributed by atoms with E-state index >= 15 is 0 Å². The van der Waals surface area contributed by atoms with Crippen LogP contribution in [0.2, 0.25) is 0 Å². The van der Waals surface area contributed by atoms with Gasteiger partial charge in [-0.05, 0) is 44.4 Å². The highest BCUT2D eigenvalue weighted by Gasteiger charge is 2.31. The third kappa shape index (κ3) is 8.47. The molecule has 1 rings (SSSR count). The van der Waals surface area contributed by atoms with Crippen molar-refractivity contribution in [3.8, 4) is 0 Å². The minimum atomic E-state index is -0.369. The van der Waals surface area contributed by atoms with Crippen LogP contribution in [0.5, 0.6) is 0 Å². The van der Waals surface area contributed by atoms with Gasteiger partial charge in [-0.25, -0.2) is 0 Å². The summed E-state index contributed by atoms with van der Waals surface area (Å²) in [6.07, 6.45) is 17.3. The van der Waals surface area contributed by atoms with E-state index in [1.54, 1.807) is 0 Å². The van der Waals surface area contributed by atoms with Crippen molar-refractivity contribution in [3.05, 3.63) is 24.3 Å². The molecule has 0 spiro atoms. The minimum Gasteiger partial charge on any atom is -0.396 e. The molecule has 0 saturated heterocycles. The molecular formula is C20H34O3. The molecule has 3 atom stereocenters. The van der Waals surface area contributed by atoms with Crippen LogP contribution in [-0.4, -0.2) is 28.7 Å². The lowest BCUT2D eigenvalue weighted by atomic mass is 9.91. The van der Waals surface area contributed by atoms with Crippen molar-refractivity contribution in [2.75, 3.05) is 6.61 Å². The molecule has 3 nitrogen and oxygen atoms in total. The molecular weight excluding hydrogens is 288 g/mol. The smallest absolute Gasteiger partial charge is 0.136 e. The summed E-state index contributed by atoms with van der Waals surface area (Å²) >= 11 is 0. The lowest BCUT2D eigenvalue weighted by Gasteiger charge is -2.13. The molecule has 0 aromatic rings. The lowest BCUT2D eigenvalue weighted by Crippen LogP contribution is -2.13. The number of carbonyl (C=O) groups excluding carboxylic acids is 1. The van der Waals surface area contributed by atoms with E-state index in [1.165, 1.54) is 6.42 Å². The van der Waals surface area contributed by atoms with E-state index in [9.17, 15) is 9.90 Å². The average Bonchev–Trinajstić information content (AvgIpc) is 2.89. The van der Waals surface area contributed by atoms with Crippen LogP contribution in [0.15, 0.2) is 24.3 Å². The van der Waals surface area contributed by atoms with E-state index in [2.05, 4.69) is 25.2 Å². The molecule has 3 heteroatoms. The Morgan fingerprint density at radius 3 is 2.78 bits per heavy atom. The highest BCUT2D eigenvalue weighted by molar-refractivity contribution is 5.83. The zero-order chi connectivity index (χ0) is 16.9. The summed E-state index contributed by atoms with van der Waals surface area (Å²) in [7, 11) is 0. The molecule has 2 N–H and O–H groups in total. The number of allylic oxidation sites excluding steroid dienone is 3. The average molecular weight is 322 g/mol. The van der Waals surface area contributed by atoms with Crippen LogP contribution in [0.1, 0.15) is 71.1 Å². The Bertz CT molecular complexity index is 373. The maximum Gasteiger partial charge on any atom is 0.136 e. The molecule has 0 heterocycles. The Morgan fingerprint density at radius 1 is 1.22 bits per heavy atom. The Balaban J connectivity index is 2.36. The molecule has 0 aromatic heterocycles. The zero-order valence-electron chi connectivity index (χ0n) is 14.6. The van der Waals surface area contributed by atoms with Crippen LogP contribution in [0.4, 0.5) is 0 Å². The monoisotopic (exact) mass is 322 g/mol. The van der Waals surface area contributed by atoms with Crippen LogP contribution >= 0.6 is 0 Å². The van der Waals surface area contributed by atoms with Gasteiger partial charge in [0.1, 0.15) is 5.78 Å². The first-order valence-corrected chi connectivity index (χ1v) is 9.34. The second-order valence-corrected chi connectivity index (χ2v) is 6.65. The third-order valence-corrected chi connectivity index (χ3v) is 4.67. The van der Waals surface area contributed by atoms with Crippen molar-refractivity contribution < 1.29 is 15.0 Å². The Morgan fingerprint density at radius 2 is 2.04 bits per heavy atom. The summed E-state index contributed by atoms with van der Waals surface area (Å²) in [5.74, 6) is 0.730. The van der Waals surface area contributed by atoms with Gasteiger partial charge in [0.25, 0.3) is 0 Å². The molecule has 0 radical (unpaired) electrons. The van der Waals surface area contributed by atoms with Crippen LogP contribution in [-0.2, 0) is 4.79 Å². The molecule has 0 bridgehead atoms. The number of hydrogen-bond acceptors (Lipinski definition) is 3.